The van der Waals surface area contributed by atoms with Crippen LogP contribution in [0.25, 0.3) is 23.1 Å². The number of halogens is 2. The first kappa shape index (κ1) is 18.6. The van der Waals surface area contributed by atoms with Crippen LogP contribution in [0.4, 0.5) is 5.69 Å². The van der Waals surface area contributed by atoms with Crippen molar-refractivity contribution in [2.45, 2.75) is 0 Å². The highest BCUT2D eigenvalue weighted by Gasteiger charge is 2.38. The minimum absolute atomic E-state index is 0.233. The molecule has 1 aliphatic rings. The van der Waals surface area contributed by atoms with Gasteiger partial charge in [-0.1, -0.05) is 65.7 Å². The molecule has 2 amide bonds. The molecule has 0 saturated heterocycles. The predicted octanol–water partition coefficient (Wildman–Crippen LogP) is 5.84. The first-order chi connectivity index (χ1) is 14.5. The number of aromatic amines is 1. The van der Waals surface area contributed by atoms with Crippen LogP contribution in [0.1, 0.15) is 32.0 Å². The molecule has 0 fully saturated rings. The monoisotopic (exact) mass is 433 g/mol. The first-order valence-corrected chi connectivity index (χ1v) is 9.88. The van der Waals surface area contributed by atoms with Gasteiger partial charge in [-0.15, -0.1) is 0 Å². The number of aromatic nitrogens is 2. The lowest BCUT2D eigenvalue weighted by Crippen LogP contribution is -2.29. The van der Waals surface area contributed by atoms with E-state index in [0.717, 1.165) is 21.5 Å². The quantitative estimate of drug-likeness (QED) is 0.412. The van der Waals surface area contributed by atoms with E-state index >= 15 is 0 Å². The van der Waals surface area contributed by atoms with Gasteiger partial charge in [-0.2, -0.15) is 5.10 Å². The van der Waals surface area contributed by atoms with Crippen molar-refractivity contribution in [3.05, 3.63) is 93.1 Å². The molecule has 0 aliphatic carbocycles. The molecule has 7 heteroatoms. The molecule has 0 spiro atoms. The number of H-pyrrole nitrogens is 1. The number of rotatable bonds is 3. The van der Waals surface area contributed by atoms with Gasteiger partial charge in [-0.05, 0) is 35.9 Å². The molecule has 2 heterocycles. The number of carbonyl (C=O) groups is 2. The lowest BCUT2D eigenvalue weighted by molar-refractivity contribution is 0.0926. The molecular weight excluding hydrogens is 421 g/mol. The second kappa shape index (κ2) is 7.13. The summed E-state index contributed by atoms with van der Waals surface area (Å²) in [5.74, 6) is -0.862. The molecule has 0 atom stereocenters. The lowest BCUT2D eigenvalue weighted by atomic mass is 10.1. The molecular formula is C23H13Cl2N3O2. The van der Waals surface area contributed by atoms with Crippen molar-refractivity contribution in [3.63, 3.8) is 0 Å². The maximum Gasteiger partial charge on any atom is 0.266 e. The Kier molecular flexibility index (Phi) is 4.42. The highest BCUT2D eigenvalue weighted by molar-refractivity contribution is 6.44. The van der Waals surface area contributed by atoms with Gasteiger partial charge in [0.2, 0.25) is 0 Å². The summed E-state index contributed by atoms with van der Waals surface area (Å²) in [5.41, 5.74) is 3.36. The summed E-state index contributed by atoms with van der Waals surface area (Å²) in [6, 6.07) is 17.9. The Bertz CT molecular complexity index is 1330. The van der Waals surface area contributed by atoms with Crippen molar-refractivity contribution < 1.29 is 9.59 Å². The van der Waals surface area contributed by atoms with Crippen LogP contribution in [0, 0.1) is 0 Å². The first-order valence-electron chi connectivity index (χ1n) is 9.12. The fraction of sp³-hybridized carbons (Fsp3) is 0. The van der Waals surface area contributed by atoms with Gasteiger partial charge in [0, 0.05) is 5.39 Å². The number of nitrogens with one attached hydrogen (secondary N) is 1. The van der Waals surface area contributed by atoms with Crippen molar-refractivity contribution in [2.75, 3.05) is 4.90 Å². The van der Waals surface area contributed by atoms with Crippen molar-refractivity contribution >= 4 is 63.8 Å². The third-order valence-electron chi connectivity index (χ3n) is 5.03. The highest BCUT2D eigenvalue weighted by Crippen LogP contribution is 2.35. The van der Waals surface area contributed by atoms with E-state index in [4.69, 9.17) is 23.2 Å². The van der Waals surface area contributed by atoms with Crippen molar-refractivity contribution in [1.29, 1.82) is 0 Å². The van der Waals surface area contributed by atoms with Crippen LogP contribution in [0.5, 0.6) is 0 Å². The number of fused-ring (bicyclic) bond motifs is 2. The zero-order valence-electron chi connectivity index (χ0n) is 15.4. The Hall–Kier alpha value is -3.41. The number of carbonyl (C=O) groups excluding carboxylic acids is 2. The number of amides is 2. The minimum atomic E-state index is -0.431. The molecule has 146 valence electrons. The van der Waals surface area contributed by atoms with E-state index in [1.807, 2.05) is 48.6 Å². The Labute approximate surface area is 181 Å². The van der Waals surface area contributed by atoms with Crippen molar-refractivity contribution in [1.82, 2.24) is 10.2 Å². The summed E-state index contributed by atoms with van der Waals surface area (Å²) in [4.78, 5) is 27.1. The molecule has 0 saturated carbocycles. The second-order valence-corrected chi connectivity index (χ2v) is 7.62. The van der Waals surface area contributed by atoms with E-state index in [0.29, 0.717) is 11.3 Å². The fourth-order valence-electron chi connectivity index (χ4n) is 3.57. The number of benzene rings is 3. The summed E-state index contributed by atoms with van der Waals surface area (Å²) in [6.07, 6.45) is 3.69. The van der Waals surface area contributed by atoms with Gasteiger partial charge in [-0.25, -0.2) is 4.90 Å². The Morgan fingerprint density at radius 3 is 2.20 bits per heavy atom. The van der Waals surface area contributed by atoms with E-state index in [1.54, 1.807) is 12.1 Å². The van der Waals surface area contributed by atoms with Gasteiger partial charge in [0.1, 0.15) is 0 Å². The van der Waals surface area contributed by atoms with Crippen LogP contribution in [0.3, 0.4) is 0 Å². The molecule has 3 aromatic carbocycles. The van der Waals surface area contributed by atoms with E-state index in [-0.39, 0.29) is 21.2 Å². The van der Waals surface area contributed by atoms with Crippen LogP contribution in [0.15, 0.2) is 60.7 Å². The molecule has 0 bridgehead atoms. The summed E-state index contributed by atoms with van der Waals surface area (Å²) in [7, 11) is 0. The number of nitrogens with zero attached hydrogens (tertiary/aromatic N) is 2. The molecule has 1 aromatic heterocycles. The Morgan fingerprint density at radius 2 is 1.47 bits per heavy atom. The zero-order valence-corrected chi connectivity index (χ0v) is 16.9. The average Bonchev–Trinajstić information content (AvgIpc) is 3.27. The molecule has 0 radical (unpaired) electrons. The van der Waals surface area contributed by atoms with Crippen molar-refractivity contribution in [2.24, 2.45) is 0 Å². The molecule has 4 aromatic rings. The van der Waals surface area contributed by atoms with Crippen LogP contribution in [0.2, 0.25) is 10.0 Å². The van der Waals surface area contributed by atoms with E-state index < -0.39 is 11.8 Å². The summed E-state index contributed by atoms with van der Waals surface area (Å²) >= 11 is 12.1. The third-order valence-corrected chi connectivity index (χ3v) is 5.75. The Balaban J connectivity index is 1.56. The van der Waals surface area contributed by atoms with Gasteiger partial charge in [0.05, 0.1) is 38.1 Å². The standard InChI is InChI=1S/C23H13Cl2N3O2/c24-17-11-15-16(12-18(17)25)23(30)28(22(15)29)21-8-4-1-5-13(21)9-10-20-14-6-2-3-7-19(14)26-27-20/h1-12H,(H,26,27). The maximum atomic E-state index is 13.0. The summed E-state index contributed by atoms with van der Waals surface area (Å²) in [5, 5.41) is 8.77. The van der Waals surface area contributed by atoms with E-state index in [1.165, 1.54) is 12.1 Å². The normalized spacial score (nSPS) is 13.6. The van der Waals surface area contributed by atoms with E-state index in [9.17, 15) is 9.59 Å². The largest absolute Gasteiger partial charge is 0.277 e. The number of imide groups is 1. The molecule has 1 aliphatic heterocycles. The van der Waals surface area contributed by atoms with E-state index in [2.05, 4.69) is 10.2 Å². The summed E-state index contributed by atoms with van der Waals surface area (Å²) in [6.45, 7) is 0. The minimum Gasteiger partial charge on any atom is -0.277 e. The van der Waals surface area contributed by atoms with Gasteiger partial charge >= 0.3 is 0 Å². The zero-order chi connectivity index (χ0) is 20.8. The molecule has 5 nitrogen and oxygen atoms in total. The van der Waals surface area contributed by atoms with Gasteiger partial charge < -0.3 is 0 Å². The lowest BCUT2D eigenvalue weighted by Gasteiger charge is -2.16. The van der Waals surface area contributed by atoms with Gasteiger partial charge in [0.25, 0.3) is 11.8 Å². The van der Waals surface area contributed by atoms with Gasteiger partial charge in [0.15, 0.2) is 0 Å². The number of para-hydroxylation sites is 2. The third kappa shape index (κ3) is 2.91. The fourth-order valence-corrected chi connectivity index (χ4v) is 3.89. The summed E-state index contributed by atoms with van der Waals surface area (Å²) < 4.78 is 0. The SMILES string of the molecule is O=C1c2cc(Cl)c(Cl)cc2C(=O)N1c1ccccc1C=Cc1n[nH]c2ccccc12. The molecule has 30 heavy (non-hydrogen) atoms. The van der Waals surface area contributed by atoms with Crippen LogP contribution < -0.4 is 4.90 Å². The molecule has 0 unspecified atom stereocenters. The van der Waals surface area contributed by atoms with Crippen LogP contribution >= 0.6 is 23.2 Å². The smallest absolute Gasteiger partial charge is 0.266 e. The van der Waals surface area contributed by atoms with Gasteiger partial charge in [-0.3, -0.25) is 14.7 Å². The van der Waals surface area contributed by atoms with Crippen LogP contribution in [-0.4, -0.2) is 22.0 Å². The topological polar surface area (TPSA) is 66.1 Å². The van der Waals surface area contributed by atoms with Crippen LogP contribution in [-0.2, 0) is 0 Å². The second-order valence-electron chi connectivity index (χ2n) is 6.80. The maximum absolute atomic E-state index is 13.0. The average molecular weight is 434 g/mol. The highest BCUT2D eigenvalue weighted by atomic mass is 35.5. The number of hydrogen-bond donors (Lipinski definition) is 1. The predicted molar refractivity (Wildman–Crippen MR) is 119 cm³/mol. The Morgan fingerprint density at radius 1 is 0.833 bits per heavy atom. The number of hydrogen-bond acceptors (Lipinski definition) is 3. The van der Waals surface area contributed by atoms with Crippen molar-refractivity contribution in [3.8, 4) is 0 Å². The molecule has 1 N–H and O–H groups in total. The molecule has 5 rings (SSSR count). The number of anilines is 1.